The molecule has 6 nitrogen and oxygen atoms in total. The second-order valence-corrected chi connectivity index (χ2v) is 9.86. The van der Waals surface area contributed by atoms with Gasteiger partial charge in [-0.2, -0.15) is 0 Å². The second-order valence-electron chi connectivity index (χ2n) is 9.86. The highest BCUT2D eigenvalue weighted by molar-refractivity contribution is 5.91. The van der Waals surface area contributed by atoms with Gasteiger partial charge in [-0.25, -0.2) is 4.79 Å². The summed E-state index contributed by atoms with van der Waals surface area (Å²) >= 11 is 0. The molecule has 0 unspecified atom stereocenters. The van der Waals surface area contributed by atoms with Crippen LogP contribution in [0.4, 0.5) is 4.79 Å². The van der Waals surface area contributed by atoms with Gasteiger partial charge in [-0.3, -0.25) is 4.79 Å². The maximum Gasteiger partial charge on any atom is 0.410 e. The zero-order valence-corrected chi connectivity index (χ0v) is 19.3. The Morgan fingerprint density at radius 1 is 1.20 bits per heavy atom. The summed E-state index contributed by atoms with van der Waals surface area (Å²) in [6.07, 6.45) is 3.34. The number of rotatable bonds is 5. The molecule has 0 atom stereocenters. The Hall–Kier alpha value is -2.24. The average molecular weight is 417 g/mol. The van der Waals surface area contributed by atoms with E-state index in [0.29, 0.717) is 12.5 Å². The van der Waals surface area contributed by atoms with Gasteiger partial charge in [-0.1, -0.05) is 12.1 Å². The van der Waals surface area contributed by atoms with Crippen LogP contribution in [0.25, 0.3) is 0 Å². The zero-order chi connectivity index (χ0) is 22.1. The van der Waals surface area contributed by atoms with Crippen molar-refractivity contribution < 1.29 is 19.1 Å². The lowest BCUT2D eigenvalue weighted by molar-refractivity contribution is -0.135. The Bertz CT molecular complexity index is 787. The molecule has 166 valence electrons. The van der Waals surface area contributed by atoms with E-state index in [1.165, 1.54) is 0 Å². The number of hydrogen-bond acceptors (Lipinski definition) is 4. The highest BCUT2D eigenvalue weighted by Crippen LogP contribution is 2.50. The zero-order valence-electron chi connectivity index (χ0n) is 19.3. The van der Waals surface area contributed by atoms with Gasteiger partial charge in [-0.15, -0.1) is 0 Å². The fourth-order valence-corrected chi connectivity index (χ4v) is 4.29. The molecule has 1 heterocycles. The van der Waals surface area contributed by atoms with Crippen molar-refractivity contribution in [2.45, 2.75) is 64.4 Å². The number of likely N-dealkylation sites (tertiary alicyclic amines) is 1. The van der Waals surface area contributed by atoms with Crippen LogP contribution in [0.3, 0.4) is 0 Å². The highest BCUT2D eigenvalue weighted by atomic mass is 16.6. The van der Waals surface area contributed by atoms with Crippen molar-refractivity contribution in [1.29, 1.82) is 0 Å². The van der Waals surface area contributed by atoms with Crippen molar-refractivity contribution >= 4 is 12.0 Å². The number of methoxy groups -OCH3 is 1. The molecule has 1 saturated carbocycles. The van der Waals surface area contributed by atoms with Crippen LogP contribution in [0.2, 0.25) is 0 Å². The van der Waals surface area contributed by atoms with Gasteiger partial charge in [0.05, 0.1) is 12.5 Å². The predicted molar refractivity (Wildman–Crippen MR) is 117 cm³/mol. The molecular formula is C24H36N2O4. The molecule has 0 N–H and O–H groups in total. The topological polar surface area (TPSA) is 59.1 Å². The van der Waals surface area contributed by atoms with Gasteiger partial charge in [0.15, 0.2) is 0 Å². The Labute approximate surface area is 180 Å². The maximum atomic E-state index is 13.4. The minimum atomic E-state index is -0.488. The summed E-state index contributed by atoms with van der Waals surface area (Å²) in [5.41, 5.74) is 1.29. The largest absolute Gasteiger partial charge is 0.496 e. The van der Waals surface area contributed by atoms with Crippen molar-refractivity contribution in [1.82, 2.24) is 9.80 Å². The molecule has 3 rings (SSSR count). The summed E-state index contributed by atoms with van der Waals surface area (Å²) in [5, 5.41) is 0. The smallest absolute Gasteiger partial charge is 0.410 e. The second kappa shape index (κ2) is 8.48. The molecule has 1 saturated heterocycles. The molecule has 1 aliphatic carbocycles. The Balaban J connectivity index is 1.56. The lowest BCUT2D eigenvalue weighted by atomic mass is 9.90. The number of aryl methyl sites for hydroxylation is 1. The molecule has 0 radical (unpaired) electrons. The van der Waals surface area contributed by atoms with Gasteiger partial charge in [0.25, 0.3) is 0 Å². The van der Waals surface area contributed by atoms with Crippen molar-refractivity contribution in [2.75, 3.05) is 33.8 Å². The minimum absolute atomic E-state index is 0.243. The average Bonchev–Trinajstić information content (AvgIpc) is 3.49. The van der Waals surface area contributed by atoms with Gasteiger partial charge in [0, 0.05) is 26.7 Å². The van der Waals surface area contributed by atoms with Crippen LogP contribution in [-0.4, -0.2) is 61.2 Å². The fraction of sp³-hybridized carbons (Fsp3) is 0.667. The number of hydrogen-bond donors (Lipinski definition) is 0. The van der Waals surface area contributed by atoms with E-state index in [-0.39, 0.29) is 17.4 Å². The monoisotopic (exact) mass is 416 g/mol. The number of carbonyl (C=O) groups excluding carboxylic acids is 2. The third-order valence-electron chi connectivity index (χ3n) is 6.26. The lowest BCUT2D eigenvalue weighted by Crippen LogP contribution is -2.46. The Morgan fingerprint density at radius 2 is 1.83 bits per heavy atom. The maximum absolute atomic E-state index is 13.4. The molecule has 6 heteroatoms. The van der Waals surface area contributed by atoms with Crippen molar-refractivity contribution in [3.05, 3.63) is 29.3 Å². The number of benzene rings is 1. The van der Waals surface area contributed by atoms with Crippen LogP contribution < -0.4 is 4.74 Å². The van der Waals surface area contributed by atoms with Gasteiger partial charge < -0.3 is 19.3 Å². The van der Waals surface area contributed by atoms with Crippen LogP contribution in [0.5, 0.6) is 5.75 Å². The Kier molecular flexibility index (Phi) is 6.34. The van der Waals surface area contributed by atoms with Crippen molar-refractivity contribution in [2.24, 2.45) is 5.92 Å². The number of carbonyl (C=O) groups is 2. The number of nitrogens with zero attached hydrogens (tertiary/aromatic N) is 2. The number of ether oxygens (including phenoxy) is 2. The standard InChI is InChI=1S/C24H36N2O4/c1-17-7-8-19(15-20(17)29-6)24(11-12-24)21(27)26-13-9-18(10-14-26)16-25(5)22(28)30-23(2,3)4/h7-8,15,18H,9-14,16H2,1-6H3. The molecule has 2 aliphatic rings. The van der Waals surface area contributed by atoms with E-state index in [0.717, 1.165) is 55.6 Å². The third kappa shape index (κ3) is 4.90. The van der Waals surface area contributed by atoms with E-state index < -0.39 is 5.60 Å². The van der Waals surface area contributed by atoms with E-state index in [4.69, 9.17) is 9.47 Å². The molecule has 30 heavy (non-hydrogen) atoms. The van der Waals surface area contributed by atoms with Gasteiger partial charge in [0.2, 0.25) is 5.91 Å². The molecule has 0 bridgehead atoms. The summed E-state index contributed by atoms with van der Waals surface area (Å²) < 4.78 is 10.9. The molecular weight excluding hydrogens is 380 g/mol. The van der Waals surface area contributed by atoms with Gasteiger partial charge >= 0.3 is 6.09 Å². The predicted octanol–water partition coefficient (Wildman–Crippen LogP) is 4.14. The van der Waals surface area contributed by atoms with Crippen molar-refractivity contribution in [3.63, 3.8) is 0 Å². The molecule has 2 amide bonds. The fourth-order valence-electron chi connectivity index (χ4n) is 4.29. The van der Waals surface area contributed by atoms with E-state index in [9.17, 15) is 9.59 Å². The first-order chi connectivity index (χ1) is 14.1. The number of amides is 2. The number of piperidine rings is 1. The van der Waals surface area contributed by atoms with Crippen LogP contribution in [0.1, 0.15) is 57.6 Å². The molecule has 1 aromatic carbocycles. The lowest BCUT2D eigenvalue weighted by Gasteiger charge is -2.36. The van der Waals surface area contributed by atoms with E-state index >= 15 is 0 Å². The van der Waals surface area contributed by atoms with Gasteiger partial charge in [-0.05, 0) is 76.5 Å². The summed E-state index contributed by atoms with van der Waals surface area (Å²) in [6, 6.07) is 6.15. The van der Waals surface area contributed by atoms with Crippen LogP contribution in [0.15, 0.2) is 18.2 Å². The third-order valence-corrected chi connectivity index (χ3v) is 6.26. The molecule has 0 spiro atoms. The molecule has 1 aliphatic heterocycles. The van der Waals surface area contributed by atoms with E-state index in [1.807, 2.05) is 44.7 Å². The van der Waals surface area contributed by atoms with E-state index in [1.54, 1.807) is 19.1 Å². The SMILES string of the molecule is COc1cc(C2(C(=O)N3CCC(CN(C)C(=O)OC(C)(C)C)CC3)CC2)ccc1C. The first kappa shape index (κ1) is 22.4. The molecule has 2 fully saturated rings. The minimum Gasteiger partial charge on any atom is -0.496 e. The first-order valence-electron chi connectivity index (χ1n) is 10.9. The van der Waals surface area contributed by atoms with Crippen LogP contribution in [0, 0.1) is 12.8 Å². The summed E-state index contributed by atoms with van der Waals surface area (Å²) in [5.74, 6) is 1.48. The summed E-state index contributed by atoms with van der Waals surface area (Å²) in [7, 11) is 3.46. The van der Waals surface area contributed by atoms with Crippen LogP contribution in [-0.2, 0) is 14.9 Å². The molecule has 0 aromatic heterocycles. The highest BCUT2D eigenvalue weighted by Gasteiger charge is 2.53. The van der Waals surface area contributed by atoms with Crippen molar-refractivity contribution in [3.8, 4) is 5.75 Å². The normalized spacial score (nSPS) is 18.7. The first-order valence-corrected chi connectivity index (χ1v) is 10.9. The van der Waals surface area contributed by atoms with Gasteiger partial charge in [0.1, 0.15) is 11.4 Å². The molecule has 1 aromatic rings. The summed E-state index contributed by atoms with van der Waals surface area (Å²) in [4.78, 5) is 29.2. The Morgan fingerprint density at radius 3 is 2.37 bits per heavy atom. The van der Waals surface area contributed by atoms with E-state index in [2.05, 4.69) is 6.07 Å². The quantitative estimate of drug-likeness (QED) is 0.724. The summed E-state index contributed by atoms with van der Waals surface area (Å²) in [6.45, 7) is 9.80. The van der Waals surface area contributed by atoms with Crippen LogP contribution >= 0.6 is 0 Å².